The molecule has 20 heavy (non-hydrogen) atoms. The average molecular weight is 267 g/mol. The number of rotatable bonds is 2. The van der Waals surface area contributed by atoms with Crippen LogP contribution in [0, 0.1) is 5.82 Å². The van der Waals surface area contributed by atoms with Gasteiger partial charge in [0.05, 0.1) is 22.6 Å². The van der Waals surface area contributed by atoms with Gasteiger partial charge in [0.15, 0.2) is 0 Å². The van der Waals surface area contributed by atoms with Crippen molar-refractivity contribution in [2.24, 2.45) is 0 Å². The molecule has 0 bridgehead atoms. The molecule has 2 aromatic carbocycles. The summed E-state index contributed by atoms with van der Waals surface area (Å²) in [6.45, 7) is 0. The summed E-state index contributed by atoms with van der Waals surface area (Å²) in [5, 5.41) is 0.901. The summed E-state index contributed by atoms with van der Waals surface area (Å²) in [6.07, 6.45) is 1.69. The lowest BCUT2D eigenvalue weighted by Gasteiger charge is -2.21. The number of hydrogen-bond acceptors (Lipinski definition) is 3. The molecule has 2 N–H and O–H groups in total. The van der Waals surface area contributed by atoms with Crippen molar-refractivity contribution in [3.63, 3.8) is 0 Å². The topological polar surface area (TPSA) is 42.2 Å². The second kappa shape index (κ2) is 4.81. The Morgan fingerprint density at radius 2 is 1.80 bits per heavy atom. The van der Waals surface area contributed by atoms with Crippen LogP contribution in [0.15, 0.2) is 54.7 Å². The third-order valence-electron chi connectivity index (χ3n) is 3.35. The number of pyridine rings is 1. The number of anilines is 3. The van der Waals surface area contributed by atoms with Gasteiger partial charge in [-0.1, -0.05) is 24.3 Å². The van der Waals surface area contributed by atoms with Crippen LogP contribution >= 0.6 is 0 Å². The van der Waals surface area contributed by atoms with Gasteiger partial charge in [0.25, 0.3) is 0 Å². The maximum Gasteiger partial charge on any atom is 0.146 e. The molecule has 0 fully saturated rings. The SMILES string of the molecule is CN(c1ccccc1F)c1ccnc2c(N)cccc12. The van der Waals surface area contributed by atoms with Crippen molar-refractivity contribution in [1.29, 1.82) is 0 Å². The van der Waals surface area contributed by atoms with Gasteiger partial charge in [-0.25, -0.2) is 4.39 Å². The second-order valence-electron chi connectivity index (χ2n) is 4.58. The van der Waals surface area contributed by atoms with Gasteiger partial charge in [-0.2, -0.15) is 0 Å². The predicted molar refractivity (Wildman–Crippen MR) is 80.6 cm³/mol. The van der Waals surface area contributed by atoms with E-state index >= 15 is 0 Å². The fourth-order valence-electron chi connectivity index (χ4n) is 2.33. The van der Waals surface area contributed by atoms with Crippen LogP contribution in [0.2, 0.25) is 0 Å². The second-order valence-corrected chi connectivity index (χ2v) is 4.58. The first kappa shape index (κ1) is 12.4. The van der Waals surface area contributed by atoms with Gasteiger partial charge >= 0.3 is 0 Å². The van der Waals surface area contributed by atoms with E-state index < -0.39 is 0 Å². The number of hydrogen-bond donors (Lipinski definition) is 1. The number of nitrogen functional groups attached to an aromatic ring is 1. The van der Waals surface area contributed by atoms with E-state index in [0.717, 1.165) is 16.6 Å². The molecule has 0 amide bonds. The molecule has 1 aromatic heterocycles. The Balaban J connectivity index is 2.20. The van der Waals surface area contributed by atoms with Crippen molar-refractivity contribution in [2.45, 2.75) is 0 Å². The van der Waals surface area contributed by atoms with E-state index in [9.17, 15) is 4.39 Å². The molecule has 0 atom stereocenters. The van der Waals surface area contributed by atoms with E-state index in [-0.39, 0.29) is 5.82 Å². The highest BCUT2D eigenvalue weighted by Crippen LogP contribution is 2.32. The molecule has 100 valence electrons. The molecule has 3 aromatic rings. The Labute approximate surface area is 116 Å². The van der Waals surface area contributed by atoms with Gasteiger partial charge in [0.1, 0.15) is 5.82 Å². The summed E-state index contributed by atoms with van der Waals surface area (Å²) in [7, 11) is 1.83. The van der Waals surface area contributed by atoms with E-state index in [1.807, 2.05) is 37.4 Å². The maximum absolute atomic E-state index is 13.9. The van der Waals surface area contributed by atoms with E-state index in [1.165, 1.54) is 6.07 Å². The molecular weight excluding hydrogens is 253 g/mol. The fraction of sp³-hybridized carbons (Fsp3) is 0.0625. The third-order valence-corrected chi connectivity index (χ3v) is 3.35. The van der Waals surface area contributed by atoms with Crippen molar-refractivity contribution in [1.82, 2.24) is 4.98 Å². The molecule has 0 aliphatic rings. The number of nitrogens with two attached hydrogens (primary N) is 1. The molecule has 1 heterocycles. The molecule has 0 saturated heterocycles. The molecule has 3 rings (SSSR count). The van der Waals surface area contributed by atoms with Crippen molar-refractivity contribution >= 4 is 28.0 Å². The van der Waals surface area contributed by atoms with Gasteiger partial charge < -0.3 is 10.6 Å². The summed E-state index contributed by atoms with van der Waals surface area (Å²) in [5.41, 5.74) is 8.67. The Morgan fingerprint density at radius 1 is 1.00 bits per heavy atom. The quantitative estimate of drug-likeness (QED) is 0.719. The van der Waals surface area contributed by atoms with E-state index in [2.05, 4.69) is 4.98 Å². The van der Waals surface area contributed by atoms with Crippen molar-refractivity contribution in [2.75, 3.05) is 17.7 Å². The minimum atomic E-state index is -0.260. The first-order chi connectivity index (χ1) is 9.68. The third kappa shape index (κ3) is 1.95. The Bertz CT molecular complexity index is 771. The number of benzene rings is 2. The first-order valence-corrected chi connectivity index (χ1v) is 6.30. The lowest BCUT2D eigenvalue weighted by molar-refractivity contribution is 0.628. The van der Waals surface area contributed by atoms with Gasteiger partial charge in [-0.3, -0.25) is 4.98 Å². The summed E-state index contributed by atoms with van der Waals surface area (Å²) < 4.78 is 13.9. The smallest absolute Gasteiger partial charge is 0.146 e. The van der Waals surface area contributed by atoms with Gasteiger partial charge in [0, 0.05) is 18.6 Å². The number of fused-ring (bicyclic) bond motifs is 1. The zero-order valence-electron chi connectivity index (χ0n) is 11.0. The molecule has 0 unspecified atom stereocenters. The summed E-state index contributed by atoms with van der Waals surface area (Å²) in [6, 6.07) is 14.2. The molecule has 4 heteroatoms. The highest BCUT2D eigenvalue weighted by Gasteiger charge is 2.12. The zero-order chi connectivity index (χ0) is 14.1. The van der Waals surface area contributed by atoms with E-state index in [1.54, 1.807) is 23.2 Å². The number of halogens is 1. The Morgan fingerprint density at radius 3 is 2.60 bits per heavy atom. The van der Waals surface area contributed by atoms with Crippen LogP contribution in [0.3, 0.4) is 0 Å². The predicted octanol–water partition coefficient (Wildman–Crippen LogP) is 3.72. The minimum absolute atomic E-state index is 0.260. The Hall–Kier alpha value is -2.62. The fourth-order valence-corrected chi connectivity index (χ4v) is 2.33. The highest BCUT2D eigenvalue weighted by molar-refractivity contribution is 5.99. The normalized spacial score (nSPS) is 10.7. The molecule has 0 aliphatic carbocycles. The first-order valence-electron chi connectivity index (χ1n) is 6.30. The molecule has 0 aliphatic heterocycles. The maximum atomic E-state index is 13.9. The zero-order valence-corrected chi connectivity index (χ0v) is 11.0. The van der Waals surface area contributed by atoms with Crippen LogP contribution in [0.1, 0.15) is 0 Å². The summed E-state index contributed by atoms with van der Waals surface area (Å²) in [4.78, 5) is 6.10. The number of aromatic nitrogens is 1. The minimum Gasteiger partial charge on any atom is -0.397 e. The average Bonchev–Trinajstić information content (AvgIpc) is 2.47. The number of para-hydroxylation sites is 2. The standard InChI is InChI=1S/C16H14FN3/c1-20(15-8-3-2-6-12(15)17)14-9-10-19-16-11(14)5-4-7-13(16)18/h2-10H,18H2,1H3. The number of nitrogens with zero attached hydrogens (tertiary/aromatic N) is 2. The summed E-state index contributed by atoms with van der Waals surface area (Å²) in [5.74, 6) is -0.260. The Kier molecular flexibility index (Phi) is 2.99. The highest BCUT2D eigenvalue weighted by atomic mass is 19.1. The van der Waals surface area contributed by atoms with Gasteiger partial charge in [0.2, 0.25) is 0 Å². The van der Waals surface area contributed by atoms with Crippen molar-refractivity contribution in [3.8, 4) is 0 Å². The molecule has 0 radical (unpaired) electrons. The van der Waals surface area contributed by atoms with Crippen molar-refractivity contribution < 1.29 is 4.39 Å². The van der Waals surface area contributed by atoms with Crippen LogP contribution in [-0.4, -0.2) is 12.0 Å². The molecular formula is C16H14FN3. The largest absolute Gasteiger partial charge is 0.397 e. The van der Waals surface area contributed by atoms with Gasteiger partial charge in [-0.15, -0.1) is 0 Å². The molecule has 0 spiro atoms. The van der Waals surface area contributed by atoms with Crippen LogP contribution in [0.5, 0.6) is 0 Å². The van der Waals surface area contributed by atoms with Crippen molar-refractivity contribution in [3.05, 3.63) is 60.5 Å². The van der Waals surface area contributed by atoms with E-state index in [4.69, 9.17) is 5.73 Å². The van der Waals surface area contributed by atoms with E-state index in [0.29, 0.717) is 11.4 Å². The van der Waals surface area contributed by atoms with Crippen LogP contribution in [0.4, 0.5) is 21.5 Å². The van der Waals surface area contributed by atoms with Crippen LogP contribution in [-0.2, 0) is 0 Å². The van der Waals surface area contributed by atoms with Crippen LogP contribution < -0.4 is 10.6 Å². The lowest BCUT2D eigenvalue weighted by atomic mass is 10.1. The summed E-state index contributed by atoms with van der Waals surface area (Å²) >= 11 is 0. The molecule has 3 nitrogen and oxygen atoms in total. The lowest BCUT2D eigenvalue weighted by Crippen LogP contribution is -2.12. The molecule has 0 saturated carbocycles. The van der Waals surface area contributed by atoms with Crippen LogP contribution in [0.25, 0.3) is 10.9 Å². The monoisotopic (exact) mass is 267 g/mol. The van der Waals surface area contributed by atoms with Gasteiger partial charge in [-0.05, 0) is 24.3 Å².